The van der Waals surface area contributed by atoms with Crippen molar-refractivity contribution in [2.45, 2.75) is 30.0 Å². The Morgan fingerprint density at radius 2 is 2.11 bits per heavy atom. The summed E-state index contributed by atoms with van der Waals surface area (Å²) >= 11 is 1.59. The molecule has 1 heterocycles. The maximum Gasteiger partial charge on any atom is 0.237 e. The van der Waals surface area contributed by atoms with Gasteiger partial charge in [-0.15, -0.1) is 11.8 Å². The molecule has 0 saturated carbocycles. The van der Waals surface area contributed by atoms with E-state index in [0.29, 0.717) is 17.5 Å². The molecule has 102 valence electrons. The van der Waals surface area contributed by atoms with Crippen molar-refractivity contribution in [3.63, 3.8) is 0 Å². The first-order valence-corrected chi connectivity index (χ1v) is 6.87. The average Bonchev–Trinajstić information content (AvgIpc) is 2.85. The number of nitrogens with zero attached hydrogens (tertiary/aromatic N) is 2. The van der Waals surface area contributed by atoms with Crippen LogP contribution in [0.1, 0.15) is 25.6 Å². The van der Waals surface area contributed by atoms with Crippen LogP contribution in [0.25, 0.3) is 0 Å². The molecule has 0 aliphatic heterocycles. The van der Waals surface area contributed by atoms with Gasteiger partial charge in [-0.2, -0.15) is 4.98 Å². The largest absolute Gasteiger partial charge is 0.496 e. The SMILES string of the molecule is COc1ccccc1SCc1nc(C(C)(C)N)no1. The number of hydrogen-bond donors (Lipinski definition) is 1. The minimum Gasteiger partial charge on any atom is -0.496 e. The smallest absolute Gasteiger partial charge is 0.237 e. The molecule has 2 N–H and O–H groups in total. The fourth-order valence-electron chi connectivity index (χ4n) is 1.45. The molecule has 19 heavy (non-hydrogen) atoms. The number of rotatable bonds is 5. The van der Waals surface area contributed by atoms with Crippen molar-refractivity contribution in [1.82, 2.24) is 10.1 Å². The number of nitrogens with two attached hydrogens (primary N) is 1. The van der Waals surface area contributed by atoms with E-state index in [-0.39, 0.29) is 0 Å². The first kappa shape index (κ1) is 13.9. The molecular formula is C13H17N3O2S. The summed E-state index contributed by atoms with van der Waals surface area (Å²) < 4.78 is 10.5. The molecule has 5 nitrogen and oxygen atoms in total. The minimum absolute atomic E-state index is 0.517. The zero-order valence-corrected chi connectivity index (χ0v) is 12.0. The van der Waals surface area contributed by atoms with Gasteiger partial charge in [-0.1, -0.05) is 17.3 Å². The molecule has 0 aliphatic rings. The third kappa shape index (κ3) is 3.48. The second kappa shape index (κ2) is 5.63. The molecule has 0 unspecified atom stereocenters. The van der Waals surface area contributed by atoms with E-state index in [0.717, 1.165) is 10.6 Å². The van der Waals surface area contributed by atoms with Crippen molar-refractivity contribution in [3.8, 4) is 5.75 Å². The lowest BCUT2D eigenvalue weighted by atomic mass is 10.1. The van der Waals surface area contributed by atoms with E-state index in [9.17, 15) is 0 Å². The average molecular weight is 279 g/mol. The van der Waals surface area contributed by atoms with E-state index in [1.54, 1.807) is 18.9 Å². The van der Waals surface area contributed by atoms with Crippen LogP contribution in [-0.4, -0.2) is 17.3 Å². The Bertz CT molecular complexity index is 549. The number of para-hydroxylation sites is 1. The van der Waals surface area contributed by atoms with Gasteiger partial charge < -0.3 is 15.0 Å². The molecular weight excluding hydrogens is 262 g/mol. The number of hydrogen-bond acceptors (Lipinski definition) is 6. The van der Waals surface area contributed by atoms with Crippen molar-refractivity contribution in [3.05, 3.63) is 36.0 Å². The summed E-state index contributed by atoms with van der Waals surface area (Å²) in [6, 6.07) is 7.82. The van der Waals surface area contributed by atoms with Crippen LogP contribution in [0.4, 0.5) is 0 Å². The fraction of sp³-hybridized carbons (Fsp3) is 0.385. The van der Waals surface area contributed by atoms with Crippen molar-refractivity contribution in [1.29, 1.82) is 0 Å². The van der Waals surface area contributed by atoms with Gasteiger partial charge in [0, 0.05) is 4.90 Å². The number of methoxy groups -OCH3 is 1. The Balaban J connectivity index is 2.05. The summed E-state index contributed by atoms with van der Waals surface area (Å²) in [6.07, 6.45) is 0. The molecule has 0 spiro atoms. The van der Waals surface area contributed by atoms with E-state index >= 15 is 0 Å². The van der Waals surface area contributed by atoms with Crippen molar-refractivity contribution in [2.24, 2.45) is 5.73 Å². The number of aromatic nitrogens is 2. The maximum absolute atomic E-state index is 5.91. The molecule has 0 bridgehead atoms. The van der Waals surface area contributed by atoms with Crippen molar-refractivity contribution >= 4 is 11.8 Å². The summed E-state index contributed by atoms with van der Waals surface area (Å²) in [6.45, 7) is 3.68. The van der Waals surface area contributed by atoms with Gasteiger partial charge in [0.1, 0.15) is 5.75 Å². The van der Waals surface area contributed by atoms with Gasteiger partial charge in [0.05, 0.1) is 18.4 Å². The monoisotopic (exact) mass is 279 g/mol. The quantitative estimate of drug-likeness (QED) is 0.848. The van der Waals surface area contributed by atoms with E-state index in [1.165, 1.54) is 0 Å². The molecule has 1 aromatic carbocycles. The highest BCUT2D eigenvalue weighted by Crippen LogP contribution is 2.31. The van der Waals surface area contributed by atoms with Gasteiger partial charge in [-0.3, -0.25) is 0 Å². The molecule has 1 aromatic heterocycles. The van der Waals surface area contributed by atoms with Gasteiger partial charge in [0.2, 0.25) is 5.89 Å². The van der Waals surface area contributed by atoms with E-state index in [2.05, 4.69) is 10.1 Å². The fourth-order valence-corrected chi connectivity index (χ4v) is 2.32. The molecule has 6 heteroatoms. The predicted octanol–water partition coefficient (Wildman–Crippen LogP) is 2.56. The van der Waals surface area contributed by atoms with Crippen molar-refractivity contribution < 1.29 is 9.26 Å². The van der Waals surface area contributed by atoms with Gasteiger partial charge in [-0.25, -0.2) is 0 Å². The standard InChI is InChI=1S/C13H17N3O2S/c1-13(2,14)12-15-11(18-16-12)8-19-10-7-5-4-6-9(10)17-3/h4-7H,8,14H2,1-3H3. The third-order valence-electron chi connectivity index (χ3n) is 2.46. The van der Waals surface area contributed by atoms with Gasteiger partial charge in [0.25, 0.3) is 0 Å². The van der Waals surface area contributed by atoms with E-state index < -0.39 is 5.54 Å². The normalized spacial score (nSPS) is 11.6. The van der Waals surface area contributed by atoms with Crippen LogP contribution in [0.2, 0.25) is 0 Å². The lowest BCUT2D eigenvalue weighted by Gasteiger charge is -2.11. The first-order valence-electron chi connectivity index (χ1n) is 5.88. The number of benzene rings is 1. The van der Waals surface area contributed by atoms with Crippen LogP contribution in [0.3, 0.4) is 0 Å². The predicted molar refractivity (Wildman–Crippen MR) is 74.1 cm³/mol. The summed E-state index contributed by atoms with van der Waals surface area (Å²) in [7, 11) is 1.65. The van der Waals surface area contributed by atoms with Crippen LogP contribution in [0, 0.1) is 0 Å². The Labute approximate surface area is 116 Å². The maximum atomic E-state index is 5.91. The Hall–Kier alpha value is -1.53. The molecule has 0 radical (unpaired) electrons. The second-order valence-electron chi connectivity index (χ2n) is 4.67. The summed E-state index contributed by atoms with van der Waals surface area (Å²) in [5.41, 5.74) is 5.32. The Kier molecular flexibility index (Phi) is 4.11. The Morgan fingerprint density at radius 3 is 2.74 bits per heavy atom. The molecule has 0 fully saturated rings. The molecule has 2 aromatic rings. The zero-order chi connectivity index (χ0) is 13.9. The highest BCUT2D eigenvalue weighted by atomic mass is 32.2. The topological polar surface area (TPSA) is 74.2 Å². The van der Waals surface area contributed by atoms with Crippen LogP contribution in [0.5, 0.6) is 5.75 Å². The summed E-state index contributed by atoms with van der Waals surface area (Å²) in [5, 5.41) is 3.89. The Morgan fingerprint density at radius 1 is 1.37 bits per heavy atom. The lowest BCUT2D eigenvalue weighted by Crippen LogP contribution is -2.30. The first-order chi connectivity index (χ1) is 9.00. The van der Waals surface area contributed by atoms with Crippen LogP contribution in [0.15, 0.2) is 33.7 Å². The molecule has 0 aliphatic carbocycles. The number of ether oxygens (including phenoxy) is 1. The minimum atomic E-state index is -0.586. The molecule has 0 saturated heterocycles. The summed E-state index contributed by atoms with van der Waals surface area (Å²) in [5.74, 6) is 2.50. The molecule has 0 amide bonds. The second-order valence-corrected chi connectivity index (χ2v) is 5.69. The van der Waals surface area contributed by atoms with Crippen molar-refractivity contribution in [2.75, 3.05) is 7.11 Å². The van der Waals surface area contributed by atoms with Crippen LogP contribution in [-0.2, 0) is 11.3 Å². The highest BCUT2D eigenvalue weighted by Gasteiger charge is 2.21. The van der Waals surface area contributed by atoms with E-state index in [4.69, 9.17) is 15.0 Å². The van der Waals surface area contributed by atoms with Gasteiger partial charge in [0.15, 0.2) is 5.82 Å². The van der Waals surface area contributed by atoms with Gasteiger partial charge in [-0.05, 0) is 26.0 Å². The van der Waals surface area contributed by atoms with Crippen LogP contribution < -0.4 is 10.5 Å². The summed E-state index contributed by atoms with van der Waals surface area (Å²) in [4.78, 5) is 5.33. The van der Waals surface area contributed by atoms with Crippen LogP contribution >= 0.6 is 11.8 Å². The third-order valence-corrected chi connectivity index (χ3v) is 3.50. The lowest BCUT2D eigenvalue weighted by molar-refractivity contribution is 0.369. The number of thioether (sulfide) groups is 1. The highest BCUT2D eigenvalue weighted by molar-refractivity contribution is 7.98. The zero-order valence-electron chi connectivity index (χ0n) is 11.2. The van der Waals surface area contributed by atoms with Gasteiger partial charge >= 0.3 is 0 Å². The molecule has 2 rings (SSSR count). The molecule has 0 atom stereocenters. The van der Waals surface area contributed by atoms with E-state index in [1.807, 2.05) is 38.1 Å².